The van der Waals surface area contributed by atoms with E-state index in [-0.39, 0.29) is 5.97 Å². The Hall–Kier alpha value is -2.13. The number of hydrogen-bond donors (Lipinski definition) is 0. The molecule has 0 radical (unpaired) electrons. The summed E-state index contributed by atoms with van der Waals surface area (Å²) >= 11 is 0. The van der Waals surface area contributed by atoms with E-state index in [1.807, 2.05) is 12.1 Å². The number of ether oxygens (including phenoxy) is 1. The van der Waals surface area contributed by atoms with Crippen LogP contribution in [0.5, 0.6) is 0 Å². The molecule has 106 valence electrons. The maximum atomic E-state index is 11.1. The molecule has 0 amide bonds. The van der Waals surface area contributed by atoms with Crippen molar-refractivity contribution in [1.82, 2.24) is 9.88 Å². The van der Waals surface area contributed by atoms with Crippen molar-refractivity contribution in [2.75, 3.05) is 44.7 Å². The van der Waals surface area contributed by atoms with Gasteiger partial charge in [0.25, 0.3) is 0 Å². The topological polar surface area (TPSA) is 69.5 Å². The number of carbonyl (C=O) groups is 1. The molecule has 6 nitrogen and oxygen atoms in total. The number of aromatic nitrogens is 1. The van der Waals surface area contributed by atoms with Crippen LogP contribution < -0.4 is 4.90 Å². The number of esters is 1. The van der Waals surface area contributed by atoms with Crippen molar-refractivity contribution in [3.8, 4) is 6.07 Å². The fraction of sp³-hybridized carbons (Fsp3) is 0.500. The lowest BCUT2D eigenvalue weighted by Crippen LogP contribution is -2.47. The minimum Gasteiger partial charge on any atom is -0.469 e. The number of pyridine rings is 1. The molecule has 0 aromatic carbocycles. The third-order valence-corrected chi connectivity index (χ3v) is 3.46. The van der Waals surface area contributed by atoms with Crippen LogP contribution in [0.15, 0.2) is 18.3 Å². The molecule has 0 unspecified atom stereocenters. The third-order valence-electron chi connectivity index (χ3n) is 3.46. The van der Waals surface area contributed by atoms with Crippen molar-refractivity contribution in [1.29, 1.82) is 5.26 Å². The Morgan fingerprint density at radius 2 is 2.20 bits per heavy atom. The van der Waals surface area contributed by atoms with E-state index < -0.39 is 0 Å². The smallest absolute Gasteiger partial charge is 0.306 e. The Bertz CT molecular complexity index is 504. The van der Waals surface area contributed by atoms with Gasteiger partial charge in [-0.3, -0.25) is 9.69 Å². The average Bonchev–Trinajstić information content (AvgIpc) is 2.53. The first-order valence-electron chi connectivity index (χ1n) is 6.63. The van der Waals surface area contributed by atoms with Gasteiger partial charge in [-0.1, -0.05) is 0 Å². The zero-order valence-corrected chi connectivity index (χ0v) is 11.6. The molecule has 2 rings (SSSR count). The molecule has 0 spiro atoms. The van der Waals surface area contributed by atoms with Crippen LogP contribution in [0.3, 0.4) is 0 Å². The molecule has 1 aromatic rings. The molecule has 20 heavy (non-hydrogen) atoms. The summed E-state index contributed by atoms with van der Waals surface area (Å²) in [5, 5.41) is 8.86. The fourth-order valence-electron chi connectivity index (χ4n) is 2.26. The number of nitrogens with zero attached hydrogens (tertiary/aromatic N) is 4. The lowest BCUT2D eigenvalue weighted by Gasteiger charge is -2.35. The van der Waals surface area contributed by atoms with Gasteiger partial charge >= 0.3 is 5.97 Å². The van der Waals surface area contributed by atoms with E-state index in [1.165, 1.54) is 7.11 Å². The highest BCUT2D eigenvalue weighted by molar-refractivity contribution is 5.69. The van der Waals surface area contributed by atoms with Crippen molar-refractivity contribution in [3.63, 3.8) is 0 Å². The zero-order valence-electron chi connectivity index (χ0n) is 11.6. The molecule has 6 heteroatoms. The summed E-state index contributed by atoms with van der Waals surface area (Å²) < 4.78 is 4.64. The Morgan fingerprint density at radius 1 is 1.45 bits per heavy atom. The highest BCUT2D eigenvalue weighted by Gasteiger charge is 2.18. The van der Waals surface area contributed by atoms with Gasteiger partial charge in [0.05, 0.1) is 13.5 Å². The molecule has 1 aromatic heterocycles. The van der Waals surface area contributed by atoms with Crippen LogP contribution >= 0.6 is 0 Å². The molecule has 1 fully saturated rings. The predicted octanol–water partition coefficient (Wildman–Crippen LogP) is 0.638. The molecular weight excluding hydrogens is 256 g/mol. The molecule has 1 aliphatic rings. The predicted molar refractivity (Wildman–Crippen MR) is 74.2 cm³/mol. The second kappa shape index (κ2) is 6.87. The molecular formula is C14H18N4O2. The summed E-state index contributed by atoms with van der Waals surface area (Å²) in [6.45, 7) is 4.31. The summed E-state index contributed by atoms with van der Waals surface area (Å²) in [6, 6.07) is 5.79. The van der Waals surface area contributed by atoms with Gasteiger partial charge in [0.1, 0.15) is 11.8 Å². The Labute approximate surface area is 118 Å². The molecule has 1 saturated heterocycles. The van der Waals surface area contributed by atoms with Gasteiger partial charge in [-0.25, -0.2) is 4.98 Å². The number of nitriles is 1. The van der Waals surface area contributed by atoms with Crippen molar-refractivity contribution in [3.05, 3.63) is 24.0 Å². The van der Waals surface area contributed by atoms with Gasteiger partial charge in [-0.15, -0.1) is 0 Å². The molecule has 0 aliphatic carbocycles. The highest BCUT2D eigenvalue weighted by atomic mass is 16.5. The molecule has 0 bridgehead atoms. The van der Waals surface area contributed by atoms with Crippen molar-refractivity contribution in [2.24, 2.45) is 0 Å². The molecule has 0 saturated carbocycles. The van der Waals surface area contributed by atoms with Crippen LogP contribution in [0, 0.1) is 11.3 Å². The van der Waals surface area contributed by atoms with Crippen molar-refractivity contribution in [2.45, 2.75) is 6.42 Å². The van der Waals surface area contributed by atoms with Crippen LogP contribution in [0.25, 0.3) is 0 Å². The SMILES string of the molecule is COC(=O)CCN1CCN(c2ccnc(C#N)c2)CC1. The van der Waals surface area contributed by atoms with E-state index in [0.717, 1.165) is 38.4 Å². The van der Waals surface area contributed by atoms with E-state index in [9.17, 15) is 4.79 Å². The van der Waals surface area contributed by atoms with E-state index in [4.69, 9.17) is 5.26 Å². The lowest BCUT2D eigenvalue weighted by atomic mass is 10.2. The van der Waals surface area contributed by atoms with Gasteiger partial charge < -0.3 is 9.64 Å². The van der Waals surface area contributed by atoms with E-state index >= 15 is 0 Å². The zero-order chi connectivity index (χ0) is 14.4. The van der Waals surface area contributed by atoms with Crippen molar-refractivity contribution < 1.29 is 9.53 Å². The maximum Gasteiger partial charge on any atom is 0.306 e. The number of hydrogen-bond acceptors (Lipinski definition) is 6. The molecule has 0 N–H and O–H groups in total. The first-order chi connectivity index (χ1) is 9.72. The fourth-order valence-corrected chi connectivity index (χ4v) is 2.26. The van der Waals surface area contributed by atoms with Gasteiger partial charge in [-0.05, 0) is 12.1 Å². The van der Waals surface area contributed by atoms with Crippen LogP contribution in [-0.2, 0) is 9.53 Å². The Kier molecular flexibility index (Phi) is 4.91. The van der Waals surface area contributed by atoms with Crippen molar-refractivity contribution >= 4 is 11.7 Å². The minimum absolute atomic E-state index is 0.166. The van der Waals surface area contributed by atoms with Gasteiger partial charge in [0.2, 0.25) is 0 Å². The Balaban J connectivity index is 1.85. The van der Waals surface area contributed by atoms with E-state index in [0.29, 0.717) is 12.1 Å². The minimum atomic E-state index is -0.166. The number of piperazine rings is 1. The third kappa shape index (κ3) is 3.68. The van der Waals surface area contributed by atoms with Crippen LogP contribution in [0.1, 0.15) is 12.1 Å². The number of carbonyl (C=O) groups excluding carboxylic acids is 1. The molecule has 1 aliphatic heterocycles. The lowest BCUT2D eigenvalue weighted by molar-refractivity contribution is -0.141. The van der Waals surface area contributed by atoms with Gasteiger partial charge in [0, 0.05) is 44.6 Å². The number of methoxy groups -OCH3 is 1. The normalized spacial score (nSPS) is 15.7. The number of rotatable bonds is 4. The maximum absolute atomic E-state index is 11.1. The van der Waals surface area contributed by atoms with Gasteiger partial charge in [-0.2, -0.15) is 5.26 Å². The first-order valence-corrected chi connectivity index (χ1v) is 6.63. The van der Waals surface area contributed by atoms with Crippen LogP contribution in [-0.4, -0.2) is 55.7 Å². The van der Waals surface area contributed by atoms with Crippen LogP contribution in [0.4, 0.5) is 5.69 Å². The second-order valence-electron chi connectivity index (χ2n) is 4.67. The quantitative estimate of drug-likeness (QED) is 0.750. The summed E-state index contributed by atoms with van der Waals surface area (Å²) in [7, 11) is 1.41. The van der Waals surface area contributed by atoms with Crippen LogP contribution in [0.2, 0.25) is 0 Å². The molecule has 2 heterocycles. The van der Waals surface area contributed by atoms with E-state index in [1.54, 1.807) is 6.20 Å². The highest BCUT2D eigenvalue weighted by Crippen LogP contribution is 2.16. The Morgan fingerprint density at radius 3 is 2.85 bits per heavy atom. The summed E-state index contributed by atoms with van der Waals surface area (Å²) in [5.74, 6) is -0.166. The summed E-state index contributed by atoms with van der Waals surface area (Å²) in [6.07, 6.45) is 2.10. The average molecular weight is 274 g/mol. The second-order valence-corrected chi connectivity index (χ2v) is 4.67. The summed E-state index contributed by atoms with van der Waals surface area (Å²) in [4.78, 5) is 19.6. The van der Waals surface area contributed by atoms with Gasteiger partial charge in [0.15, 0.2) is 0 Å². The largest absolute Gasteiger partial charge is 0.469 e. The summed E-state index contributed by atoms with van der Waals surface area (Å²) in [5.41, 5.74) is 1.47. The first kappa shape index (κ1) is 14.3. The monoisotopic (exact) mass is 274 g/mol. The number of anilines is 1. The standard InChI is InChI=1S/C14H18N4O2/c1-20-14(19)3-5-17-6-8-18(9-7-17)13-2-4-16-12(10-13)11-15/h2,4,10H,3,5-9H2,1H3. The van der Waals surface area contributed by atoms with E-state index in [2.05, 4.69) is 25.6 Å². The molecule has 0 atom stereocenters.